The van der Waals surface area contributed by atoms with Crippen molar-refractivity contribution in [1.82, 2.24) is 10.2 Å². The van der Waals surface area contributed by atoms with Crippen LogP contribution >= 0.6 is 0 Å². The van der Waals surface area contributed by atoms with Gasteiger partial charge in [0, 0.05) is 12.6 Å². The Morgan fingerprint density at radius 2 is 1.63 bits per heavy atom. The summed E-state index contributed by atoms with van der Waals surface area (Å²) in [6, 6.07) is 0.772. The molecule has 0 aromatic heterocycles. The molecule has 0 amide bonds. The molecule has 2 nitrogen and oxygen atoms in total. The largest absolute Gasteiger partial charge is 0.317 e. The van der Waals surface area contributed by atoms with E-state index in [1.807, 2.05) is 0 Å². The summed E-state index contributed by atoms with van der Waals surface area (Å²) in [7, 11) is 2.15. The standard InChI is InChI=1S/C17H34N2/c1-17(2,3)15-9-11-19(12-10-15)13-14-7-5-6-8-16(14)18-4/h14-16,18H,5-13H2,1-4H3. The van der Waals surface area contributed by atoms with E-state index in [-0.39, 0.29) is 0 Å². The van der Waals surface area contributed by atoms with Gasteiger partial charge in [-0.2, -0.15) is 0 Å². The van der Waals surface area contributed by atoms with Gasteiger partial charge in [0.1, 0.15) is 0 Å². The molecule has 112 valence electrons. The summed E-state index contributed by atoms with van der Waals surface area (Å²) in [5, 5.41) is 3.55. The zero-order valence-electron chi connectivity index (χ0n) is 13.5. The highest BCUT2D eigenvalue weighted by Crippen LogP contribution is 2.35. The minimum Gasteiger partial charge on any atom is -0.317 e. The van der Waals surface area contributed by atoms with Crippen molar-refractivity contribution >= 4 is 0 Å². The Hall–Kier alpha value is -0.0800. The first-order chi connectivity index (χ1) is 9.00. The Bertz CT molecular complexity index is 261. The van der Waals surface area contributed by atoms with Gasteiger partial charge in [-0.3, -0.25) is 0 Å². The minimum atomic E-state index is 0.504. The predicted molar refractivity (Wildman–Crippen MR) is 83.4 cm³/mol. The Morgan fingerprint density at radius 1 is 1.00 bits per heavy atom. The molecule has 2 fully saturated rings. The van der Waals surface area contributed by atoms with Crippen LogP contribution in [-0.4, -0.2) is 37.6 Å². The molecule has 1 aliphatic carbocycles. The van der Waals surface area contributed by atoms with Crippen molar-refractivity contribution in [3.8, 4) is 0 Å². The van der Waals surface area contributed by atoms with Crippen LogP contribution in [0.15, 0.2) is 0 Å². The molecule has 0 spiro atoms. The molecular formula is C17H34N2. The van der Waals surface area contributed by atoms with Crippen LogP contribution in [0.1, 0.15) is 59.3 Å². The second-order valence-corrected chi connectivity index (χ2v) is 7.88. The maximum atomic E-state index is 3.55. The van der Waals surface area contributed by atoms with E-state index in [0.29, 0.717) is 5.41 Å². The monoisotopic (exact) mass is 266 g/mol. The number of nitrogens with zero attached hydrogens (tertiary/aromatic N) is 1. The summed E-state index contributed by atoms with van der Waals surface area (Å²) in [6.45, 7) is 11.2. The Kier molecular flexibility index (Phi) is 5.30. The number of piperidine rings is 1. The average Bonchev–Trinajstić information content (AvgIpc) is 2.39. The quantitative estimate of drug-likeness (QED) is 0.841. The molecule has 2 unspecified atom stereocenters. The smallest absolute Gasteiger partial charge is 0.0104 e. The van der Waals surface area contributed by atoms with Crippen molar-refractivity contribution in [3.63, 3.8) is 0 Å². The van der Waals surface area contributed by atoms with Crippen molar-refractivity contribution in [2.24, 2.45) is 17.3 Å². The van der Waals surface area contributed by atoms with E-state index in [1.54, 1.807) is 0 Å². The highest BCUT2D eigenvalue weighted by atomic mass is 15.1. The normalized spacial score (nSPS) is 31.6. The van der Waals surface area contributed by atoms with E-state index in [9.17, 15) is 0 Å². The summed E-state index contributed by atoms with van der Waals surface area (Å²) < 4.78 is 0. The molecule has 1 saturated heterocycles. The van der Waals surface area contributed by atoms with Crippen molar-refractivity contribution < 1.29 is 0 Å². The van der Waals surface area contributed by atoms with Gasteiger partial charge < -0.3 is 10.2 Å². The summed E-state index contributed by atoms with van der Waals surface area (Å²) in [6.07, 6.45) is 8.50. The van der Waals surface area contributed by atoms with Crippen LogP contribution in [0.2, 0.25) is 0 Å². The summed E-state index contributed by atoms with van der Waals surface area (Å²) in [5.41, 5.74) is 0.504. The zero-order chi connectivity index (χ0) is 13.9. The molecule has 1 N–H and O–H groups in total. The number of rotatable bonds is 3. The maximum Gasteiger partial charge on any atom is 0.0104 e. The Balaban J connectivity index is 1.78. The molecule has 1 heterocycles. The third kappa shape index (κ3) is 4.19. The van der Waals surface area contributed by atoms with E-state index in [1.165, 1.54) is 58.2 Å². The van der Waals surface area contributed by atoms with Gasteiger partial charge in [-0.15, -0.1) is 0 Å². The van der Waals surface area contributed by atoms with E-state index >= 15 is 0 Å². The average molecular weight is 266 g/mol. The van der Waals surface area contributed by atoms with Crippen LogP contribution in [0.5, 0.6) is 0 Å². The van der Waals surface area contributed by atoms with Crippen LogP contribution in [0.25, 0.3) is 0 Å². The van der Waals surface area contributed by atoms with Crippen LogP contribution in [0, 0.1) is 17.3 Å². The Labute approximate surface area is 120 Å². The lowest BCUT2D eigenvalue weighted by atomic mass is 9.75. The molecular weight excluding hydrogens is 232 g/mol. The van der Waals surface area contributed by atoms with Crippen LogP contribution in [0.3, 0.4) is 0 Å². The highest BCUT2D eigenvalue weighted by Gasteiger charge is 2.31. The molecule has 2 atom stereocenters. The zero-order valence-corrected chi connectivity index (χ0v) is 13.5. The summed E-state index contributed by atoms with van der Waals surface area (Å²) in [4.78, 5) is 2.74. The second kappa shape index (κ2) is 6.58. The van der Waals surface area contributed by atoms with E-state index in [0.717, 1.165) is 17.9 Å². The minimum absolute atomic E-state index is 0.504. The number of hydrogen-bond donors (Lipinski definition) is 1. The fourth-order valence-electron chi connectivity index (χ4n) is 4.12. The molecule has 0 aromatic rings. The topological polar surface area (TPSA) is 15.3 Å². The fourth-order valence-corrected chi connectivity index (χ4v) is 4.12. The van der Waals surface area contributed by atoms with Gasteiger partial charge in [-0.1, -0.05) is 33.6 Å². The van der Waals surface area contributed by atoms with Gasteiger partial charge in [0.05, 0.1) is 0 Å². The van der Waals surface area contributed by atoms with Gasteiger partial charge >= 0.3 is 0 Å². The molecule has 1 aliphatic heterocycles. The molecule has 0 radical (unpaired) electrons. The Morgan fingerprint density at radius 3 is 2.21 bits per heavy atom. The first-order valence-corrected chi connectivity index (χ1v) is 8.40. The van der Waals surface area contributed by atoms with E-state index in [4.69, 9.17) is 0 Å². The first-order valence-electron chi connectivity index (χ1n) is 8.40. The molecule has 2 heteroatoms. The van der Waals surface area contributed by atoms with Crippen molar-refractivity contribution in [3.05, 3.63) is 0 Å². The van der Waals surface area contributed by atoms with Gasteiger partial charge in [0.15, 0.2) is 0 Å². The van der Waals surface area contributed by atoms with Crippen LogP contribution in [0.4, 0.5) is 0 Å². The van der Waals surface area contributed by atoms with Crippen molar-refractivity contribution in [1.29, 1.82) is 0 Å². The third-order valence-corrected chi connectivity index (χ3v) is 5.58. The lowest BCUT2D eigenvalue weighted by Crippen LogP contribution is -2.46. The molecule has 0 aromatic carbocycles. The molecule has 19 heavy (non-hydrogen) atoms. The van der Waals surface area contributed by atoms with Gasteiger partial charge in [0.2, 0.25) is 0 Å². The predicted octanol–water partition coefficient (Wildman–Crippen LogP) is 3.52. The van der Waals surface area contributed by atoms with Gasteiger partial charge in [-0.25, -0.2) is 0 Å². The maximum absolute atomic E-state index is 3.55. The SMILES string of the molecule is CNC1CCCCC1CN1CCC(C(C)(C)C)CC1. The van der Waals surface area contributed by atoms with E-state index < -0.39 is 0 Å². The lowest BCUT2D eigenvalue weighted by molar-refractivity contribution is 0.0880. The molecule has 2 aliphatic rings. The summed E-state index contributed by atoms with van der Waals surface area (Å²) >= 11 is 0. The first kappa shape index (κ1) is 15.3. The van der Waals surface area contributed by atoms with Crippen LogP contribution in [-0.2, 0) is 0 Å². The number of likely N-dealkylation sites (tertiary alicyclic amines) is 1. The highest BCUT2D eigenvalue weighted by molar-refractivity contribution is 4.85. The van der Waals surface area contributed by atoms with E-state index in [2.05, 4.69) is 38.0 Å². The second-order valence-electron chi connectivity index (χ2n) is 7.88. The molecule has 1 saturated carbocycles. The van der Waals surface area contributed by atoms with Gasteiger partial charge in [0.25, 0.3) is 0 Å². The summed E-state index contributed by atoms with van der Waals surface area (Å²) in [5.74, 6) is 1.82. The number of hydrogen-bond acceptors (Lipinski definition) is 2. The van der Waals surface area contributed by atoms with Gasteiger partial charge in [-0.05, 0) is 63.1 Å². The van der Waals surface area contributed by atoms with Crippen molar-refractivity contribution in [2.45, 2.75) is 65.3 Å². The lowest BCUT2D eigenvalue weighted by Gasteiger charge is -2.41. The fraction of sp³-hybridized carbons (Fsp3) is 1.00. The van der Waals surface area contributed by atoms with Crippen LogP contribution < -0.4 is 5.32 Å². The molecule has 0 bridgehead atoms. The number of nitrogens with one attached hydrogen (secondary N) is 1. The third-order valence-electron chi connectivity index (χ3n) is 5.58. The van der Waals surface area contributed by atoms with Crippen molar-refractivity contribution in [2.75, 3.05) is 26.7 Å². The molecule has 2 rings (SSSR count).